The maximum absolute atomic E-state index is 11.6. The molecule has 0 aromatic carbocycles. The molecule has 384 valence electrons. The van der Waals surface area contributed by atoms with Crippen LogP contribution >= 0.6 is 7.60 Å². The van der Waals surface area contributed by atoms with Crippen LogP contribution in [0.3, 0.4) is 0 Å². The molecule has 0 spiro atoms. The number of hydrogen-bond donors (Lipinski definition) is 4. The highest BCUT2D eigenvalue weighted by molar-refractivity contribution is 7.51. The van der Waals surface area contributed by atoms with Crippen molar-refractivity contribution in [3.63, 3.8) is 0 Å². The first-order valence-corrected chi connectivity index (χ1v) is 25.1. The maximum atomic E-state index is 11.6. The van der Waals surface area contributed by atoms with Crippen LogP contribution in [0.2, 0.25) is 0 Å². The van der Waals surface area contributed by atoms with Crippen LogP contribution in [0.5, 0.6) is 0 Å². The van der Waals surface area contributed by atoms with Crippen LogP contribution in [-0.2, 0) is 47.5 Å². The van der Waals surface area contributed by atoms with Crippen molar-refractivity contribution in [2.24, 2.45) is 28.6 Å². The maximum Gasteiger partial charge on any atom is 0.327 e. The molecular weight excluding hydrogens is 878 g/mol. The monoisotopic (exact) mass is 966 g/mol. The highest BCUT2D eigenvalue weighted by atomic mass is 31.2. The second-order valence-corrected chi connectivity index (χ2v) is 20.0. The molecule has 0 saturated heterocycles. The minimum absolute atomic E-state index is 0.00172. The van der Waals surface area contributed by atoms with E-state index in [2.05, 4.69) is 70.9 Å². The number of hydrogen-bond acceptors (Lipinski definition) is 10. The number of allylic oxidation sites excluding steroid dienone is 3. The molecule has 0 rings (SSSR count). The van der Waals surface area contributed by atoms with Gasteiger partial charge in [-0.2, -0.15) is 0 Å². The Morgan fingerprint density at radius 3 is 1.58 bits per heavy atom. The standard InChI is InChI=1S/C26H43NO6.C16H27NO2.C9H18NO4P/c1-8-23(28)12-20(5)14-31-17-26(11-4,18-32-15-21(6)13-24(29)9-2)19-33-16-22(7)27-25(30)10-3;1-6-14(18)10-8-9-13(3)11-16(4,5)12-17-15(19)7-2;1-3-5-6-10(9(11)4-2)7-8-15(12,13)14/h8-10,20-22H,1-3,11-19H2,4-7H3,(H,27,30);6-7,13H,1-2,8-12H2,3-5H3,(H,17,19);4H,2-3,5-8H2,1H3,(H2,12,13,14). The van der Waals surface area contributed by atoms with Gasteiger partial charge in [-0.15, -0.1) is 0 Å². The fourth-order valence-corrected chi connectivity index (χ4v) is 6.96. The van der Waals surface area contributed by atoms with Crippen LogP contribution in [0, 0.1) is 28.6 Å². The van der Waals surface area contributed by atoms with E-state index in [0.29, 0.717) is 77.9 Å². The molecule has 0 fully saturated rings. The third kappa shape index (κ3) is 39.6. The van der Waals surface area contributed by atoms with Gasteiger partial charge in [-0.1, -0.05) is 101 Å². The molecular formula is C51H88N3O12P. The largest absolute Gasteiger partial charge is 0.380 e. The second-order valence-electron chi connectivity index (χ2n) is 18.2. The topological polar surface area (TPSA) is 215 Å². The van der Waals surface area contributed by atoms with E-state index >= 15 is 0 Å². The van der Waals surface area contributed by atoms with E-state index in [4.69, 9.17) is 24.0 Å². The summed E-state index contributed by atoms with van der Waals surface area (Å²) in [5.41, 5.74) is -0.340. The zero-order valence-electron chi connectivity index (χ0n) is 42.3. The summed E-state index contributed by atoms with van der Waals surface area (Å²) in [5, 5.41) is 5.61. The van der Waals surface area contributed by atoms with Gasteiger partial charge in [-0.3, -0.25) is 33.3 Å². The number of rotatable bonds is 38. The molecule has 0 saturated carbocycles. The molecule has 4 unspecified atom stereocenters. The van der Waals surface area contributed by atoms with Crippen molar-refractivity contribution in [3.05, 3.63) is 75.9 Å². The van der Waals surface area contributed by atoms with Crippen LogP contribution in [0.15, 0.2) is 75.9 Å². The summed E-state index contributed by atoms with van der Waals surface area (Å²) < 4.78 is 28.5. The summed E-state index contributed by atoms with van der Waals surface area (Å²) in [6.07, 6.45) is 14.3. The van der Waals surface area contributed by atoms with Crippen LogP contribution < -0.4 is 10.6 Å². The van der Waals surface area contributed by atoms with Crippen molar-refractivity contribution in [2.45, 2.75) is 119 Å². The molecule has 0 bridgehead atoms. The van der Waals surface area contributed by atoms with Crippen molar-refractivity contribution in [1.82, 2.24) is 15.5 Å². The zero-order chi connectivity index (χ0) is 52.1. The van der Waals surface area contributed by atoms with E-state index in [1.165, 1.54) is 35.3 Å². The Bertz CT molecular complexity index is 1510. The van der Waals surface area contributed by atoms with E-state index in [1.54, 1.807) is 0 Å². The normalized spacial score (nSPS) is 13.7. The van der Waals surface area contributed by atoms with Crippen LogP contribution in [-0.4, -0.2) is 121 Å². The van der Waals surface area contributed by atoms with E-state index in [9.17, 15) is 33.3 Å². The minimum Gasteiger partial charge on any atom is -0.380 e. The van der Waals surface area contributed by atoms with Gasteiger partial charge in [-0.05, 0) is 92.2 Å². The number of unbranched alkanes of at least 4 members (excludes halogenated alkanes) is 1. The summed E-state index contributed by atoms with van der Waals surface area (Å²) in [4.78, 5) is 86.9. The van der Waals surface area contributed by atoms with E-state index in [0.717, 1.165) is 44.6 Å². The molecule has 0 aliphatic carbocycles. The van der Waals surface area contributed by atoms with Crippen molar-refractivity contribution in [1.29, 1.82) is 0 Å². The lowest BCUT2D eigenvalue weighted by Gasteiger charge is -2.33. The van der Waals surface area contributed by atoms with Gasteiger partial charge < -0.3 is 39.5 Å². The summed E-state index contributed by atoms with van der Waals surface area (Å²) >= 11 is 0. The fourth-order valence-electron chi connectivity index (χ4n) is 6.46. The predicted molar refractivity (Wildman–Crippen MR) is 269 cm³/mol. The molecule has 16 heteroatoms. The van der Waals surface area contributed by atoms with Gasteiger partial charge in [0.05, 0.1) is 32.6 Å². The van der Waals surface area contributed by atoms with Gasteiger partial charge in [0.15, 0.2) is 17.3 Å². The predicted octanol–water partition coefficient (Wildman–Crippen LogP) is 7.93. The highest BCUT2D eigenvalue weighted by Gasteiger charge is 2.31. The fraction of sp³-hybridized carbons (Fsp3) is 0.647. The van der Waals surface area contributed by atoms with Gasteiger partial charge in [0.1, 0.15) is 0 Å². The smallest absolute Gasteiger partial charge is 0.327 e. The Kier molecular flexibility index (Phi) is 38.9. The first-order chi connectivity index (χ1) is 31.3. The first kappa shape index (κ1) is 67.2. The van der Waals surface area contributed by atoms with Gasteiger partial charge in [-0.25, -0.2) is 0 Å². The molecule has 0 aliphatic rings. The average Bonchev–Trinajstić information content (AvgIpc) is 3.27. The molecule has 0 radical (unpaired) electrons. The summed E-state index contributed by atoms with van der Waals surface area (Å²) in [5.74, 6) is 0.144. The molecule has 4 atom stereocenters. The third-order valence-corrected chi connectivity index (χ3v) is 11.2. The Morgan fingerprint density at radius 1 is 0.672 bits per heavy atom. The first-order valence-electron chi connectivity index (χ1n) is 23.3. The SMILES string of the molecule is C=CC(=O)CC(C)COCC(CC)(COCC(C)CC(=O)C=C)COCC(C)NC(=O)C=C.C=CC(=O)CCCC(C)CC(C)(C)CNC(=O)C=C.C=CC(=O)N(CCCC)CCP(=O)(O)O. The van der Waals surface area contributed by atoms with Crippen LogP contribution in [0.1, 0.15) is 113 Å². The minimum atomic E-state index is -4.03. The number of nitrogens with one attached hydrogen (secondary N) is 2. The molecule has 0 heterocycles. The number of nitrogens with zero attached hydrogens (tertiary/aromatic N) is 1. The lowest BCUT2D eigenvalue weighted by molar-refractivity contribution is -0.126. The average molecular weight is 966 g/mol. The second kappa shape index (κ2) is 38.8. The number of ether oxygens (including phenoxy) is 3. The number of amides is 3. The quantitative estimate of drug-likeness (QED) is 0.0343. The zero-order valence-corrected chi connectivity index (χ0v) is 43.2. The molecule has 4 N–H and O–H groups in total. The van der Waals surface area contributed by atoms with Gasteiger partial charge in [0.25, 0.3) is 0 Å². The lowest BCUT2D eigenvalue weighted by atomic mass is 9.81. The molecule has 67 heavy (non-hydrogen) atoms. The van der Waals surface area contributed by atoms with Crippen molar-refractivity contribution >= 4 is 42.7 Å². The third-order valence-electron chi connectivity index (χ3n) is 10.4. The number of carbonyl (C=O) groups excluding carboxylic acids is 6. The molecule has 0 aliphatic heterocycles. The molecule has 15 nitrogen and oxygen atoms in total. The van der Waals surface area contributed by atoms with Gasteiger partial charge >= 0.3 is 7.60 Å². The van der Waals surface area contributed by atoms with E-state index in [1.807, 2.05) is 34.6 Å². The summed E-state index contributed by atoms with van der Waals surface area (Å²) in [6.45, 7) is 40.7. The van der Waals surface area contributed by atoms with Crippen LogP contribution in [0.25, 0.3) is 0 Å². The lowest BCUT2D eigenvalue weighted by Crippen LogP contribution is -2.40. The van der Waals surface area contributed by atoms with Gasteiger partial charge in [0, 0.05) is 63.6 Å². The van der Waals surface area contributed by atoms with Gasteiger partial charge in [0.2, 0.25) is 17.7 Å². The van der Waals surface area contributed by atoms with Crippen molar-refractivity contribution < 1.29 is 57.3 Å². The Hall–Kier alpha value is -4.11. The van der Waals surface area contributed by atoms with Crippen molar-refractivity contribution in [3.8, 4) is 0 Å². The summed E-state index contributed by atoms with van der Waals surface area (Å²) in [6, 6.07) is -0.165. The number of carbonyl (C=O) groups is 6. The Balaban J connectivity index is -0.00000101. The van der Waals surface area contributed by atoms with Crippen molar-refractivity contribution in [2.75, 3.05) is 65.4 Å². The van der Waals surface area contributed by atoms with E-state index in [-0.39, 0.29) is 71.1 Å². The molecule has 0 aromatic heterocycles. The van der Waals surface area contributed by atoms with Crippen LogP contribution in [0.4, 0.5) is 0 Å². The molecule has 3 amide bonds. The molecule has 0 aromatic rings. The number of ketones is 3. The summed E-state index contributed by atoms with van der Waals surface area (Å²) in [7, 11) is -4.03. The van der Waals surface area contributed by atoms with E-state index < -0.39 is 13.0 Å². The Morgan fingerprint density at radius 2 is 1.16 bits per heavy atom. The Labute approximate surface area is 403 Å². The highest BCUT2D eigenvalue weighted by Crippen LogP contribution is 2.33.